The summed E-state index contributed by atoms with van der Waals surface area (Å²) >= 11 is 0. The van der Waals surface area contributed by atoms with Gasteiger partial charge < -0.3 is 5.73 Å². The van der Waals surface area contributed by atoms with E-state index in [1.807, 2.05) is 0 Å². The van der Waals surface area contributed by atoms with Gasteiger partial charge in [0.25, 0.3) is 0 Å². The normalized spacial score (nSPS) is 29.4. The van der Waals surface area contributed by atoms with Crippen LogP contribution in [0.3, 0.4) is 0 Å². The van der Waals surface area contributed by atoms with Crippen molar-refractivity contribution in [2.45, 2.75) is 90.6 Å². The molecule has 0 bridgehead atoms. The van der Waals surface area contributed by atoms with Crippen molar-refractivity contribution in [3.8, 4) is 0 Å². The van der Waals surface area contributed by atoms with Gasteiger partial charge in [-0.1, -0.05) is 46.5 Å². The molecule has 0 aromatic rings. The van der Waals surface area contributed by atoms with Crippen LogP contribution in [0.25, 0.3) is 0 Å². The molecule has 0 heterocycles. The predicted molar refractivity (Wildman–Crippen MR) is 92.4 cm³/mol. The fourth-order valence-corrected chi connectivity index (χ4v) is 4.69. The molecular weight excluding hydrogens is 256 g/mol. The second-order valence-corrected chi connectivity index (χ2v) is 8.19. The Morgan fingerprint density at radius 2 is 1.76 bits per heavy atom. The van der Waals surface area contributed by atoms with Crippen molar-refractivity contribution < 1.29 is 0 Å². The van der Waals surface area contributed by atoms with Crippen LogP contribution < -0.4 is 5.73 Å². The summed E-state index contributed by atoms with van der Waals surface area (Å²) in [4.78, 5) is 2.86. The van der Waals surface area contributed by atoms with Crippen LogP contribution in [-0.4, -0.2) is 30.1 Å². The van der Waals surface area contributed by atoms with Crippen molar-refractivity contribution in [2.75, 3.05) is 13.1 Å². The molecular formula is C19H38N2. The van der Waals surface area contributed by atoms with E-state index in [-0.39, 0.29) is 0 Å². The molecule has 0 aromatic carbocycles. The van der Waals surface area contributed by atoms with Gasteiger partial charge in [0.15, 0.2) is 0 Å². The van der Waals surface area contributed by atoms with Crippen LogP contribution in [0.5, 0.6) is 0 Å². The third-order valence-electron chi connectivity index (χ3n) is 5.95. The molecule has 0 aromatic heterocycles. The topological polar surface area (TPSA) is 29.3 Å². The Hall–Kier alpha value is -0.0800. The molecule has 2 heteroatoms. The highest BCUT2D eigenvalue weighted by atomic mass is 15.2. The number of nitrogens with zero attached hydrogens (tertiary/aromatic N) is 1. The van der Waals surface area contributed by atoms with E-state index >= 15 is 0 Å². The molecule has 0 aliphatic heterocycles. The molecule has 0 spiro atoms. The number of hydrogen-bond acceptors (Lipinski definition) is 2. The summed E-state index contributed by atoms with van der Waals surface area (Å²) in [7, 11) is 0. The van der Waals surface area contributed by atoms with Gasteiger partial charge in [0.1, 0.15) is 0 Å². The van der Waals surface area contributed by atoms with E-state index in [2.05, 4.69) is 25.7 Å². The molecule has 0 saturated heterocycles. The molecule has 2 aliphatic rings. The molecule has 3 atom stereocenters. The predicted octanol–water partition coefficient (Wildman–Crippen LogP) is 4.43. The van der Waals surface area contributed by atoms with E-state index < -0.39 is 0 Å². The van der Waals surface area contributed by atoms with E-state index in [0.717, 1.165) is 30.3 Å². The summed E-state index contributed by atoms with van der Waals surface area (Å²) in [5.41, 5.74) is 6.28. The molecule has 2 saturated carbocycles. The molecule has 2 nitrogen and oxygen atoms in total. The van der Waals surface area contributed by atoms with Crippen LogP contribution in [0.2, 0.25) is 0 Å². The summed E-state index contributed by atoms with van der Waals surface area (Å²) in [5, 5.41) is 0. The second-order valence-electron chi connectivity index (χ2n) is 8.19. The zero-order chi connectivity index (χ0) is 15.2. The number of hydrogen-bond donors (Lipinski definition) is 1. The summed E-state index contributed by atoms with van der Waals surface area (Å²) < 4.78 is 0. The molecule has 124 valence electrons. The largest absolute Gasteiger partial charge is 0.329 e. The Kier molecular flexibility index (Phi) is 7.01. The summed E-state index contributed by atoms with van der Waals surface area (Å²) in [5.74, 6) is 2.57. The Morgan fingerprint density at radius 3 is 2.33 bits per heavy atom. The van der Waals surface area contributed by atoms with Crippen molar-refractivity contribution in [3.05, 3.63) is 0 Å². The van der Waals surface area contributed by atoms with Crippen molar-refractivity contribution >= 4 is 0 Å². The third-order valence-corrected chi connectivity index (χ3v) is 5.95. The van der Waals surface area contributed by atoms with E-state index in [1.54, 1.807) is 0 Å². The van der Waals surface area contributed by atoms with Crippen molar-refractivity contribution in [2.24, 2.45) is 23.5 Å². The zero-order valence-electron chi connectivity index (χ0n) is 14.7. The lowest BCUT2D eigenvalue weighted by Crippen LogP contribution is -2.51. The average Bonchev–Trinajstić information content (AvgIpc) is 2.97. The van der Waals surface area contributed by atoms with E-state index in [1.165, 1.54) is 64.3 Å². The fraction of sp³-hybridized carbons (Fsp3) is 1.00. The van der Waals surface area contributed by atoms with Gasteiger partial charge in [0, 0.05) is 18.6 Å². The van der Waals surface area contributed by atoms with E-state index in [4.69, 9.17) is 5.73 Å². The molecule has 21 heavy (non-hydrogen) atoms. The van der Waals surface area contributed by atoms with E-state index in [9.17, 15) is 0 Å². The van der Waals surface area contributed by atoms with Gasteiger partial charge in [-0.3, -0.25) is 4.90 Å². The van der Waals surface area contributed by atoms with Crippen LogP contribution in [-0.2, 0) is 0 Å². The minimum atomic E-state index is 0.648. The van der Waals surface area contributed by atoms with Crippen LogP contribution in [0.4, 0.5) is 0 Å². The molecule has 3 unspecified atom stereocenters. The fourth-order valence-electron chi connectivity index (χ4n) is 4.69. The van der Waals surface area contributed by atoms with Crippen LogP contribution in [0, 0.1) is 17.8 Å². The first-order valence-corrected chi connectivity index (χ1v) is 9.57. The first-order valence-electron chi connectivity index (χ1n) is 9.57. The van der Waals surface area contributed by atoms with Gasteiger partial charge in [-0.2, -0.15) is 0 Å². The molecule has 2 rings (SSSR count). The zero-order valence-corrected chi connectivity index (χ0v) is 14.7. The van der Waals surface area contributed by atoms with Gasteiger partial charge >= 0.3 is 0 Å². The quantitative estimate of drug-likeness (QED) is 0.752. The number of nitrogens with two attached hydrogens (primary N) is 1. The van der Waals surface area contributed by atoms with Gasteiger partial charge in [-0.25, -0.2) is 0 Å². The minimum Gasteiger partial charge on any atom is -0.329 e. The summed E-state index contributed by atoms with van der Waals surface area (Å²) in [6.07, 6.45) is 12.7. The maximum absolute atomic E-state index is 6.28. The van der Waals surface area contributed by atoms with Crippen molar-refractivity contribution in [1.82, 2.24) is 4.90 Å². The molecule has 0 radical (unpaired) electrons. The minimum absolute atomic E-state index is 0.648. The summed E-state index contributed by atoms with van der Waals surface area (Å²) in [6, 6.07) is 1.48. The monoisotopic (exact) mass is 294 g/mol. The van der Waals surface area contributed by atoms with Crippen molar-refractivity contribution in [3.63, 3.8) is 0 Å². The van der Waals surface area contributed by atoms with Crippen molar-refractivity contribution in [1.29, 1.82) is 0 Å². The average molecular weight is 295 g/mol. The van der Waals surface area contributed by atoms with Gasteiger partial charge in [-0.15, -0.1) is 0 Å². The Bertz CT molecular complexity index is 283. The molecule has 2 aliphatic carbocycles. The molecule has 0 amide bonds. The van der Waals surface area contributed by atoms with Gasteiger partial charge in [0.05, 0.1) is 0 Å². The lowest BCUT2D eigenvalue weighted by molar-refractivity contribution is 0.0667. The van der Waals surface area contributed by atoms with Gasteiger partial charge in [0.2, 0.25) is 0 Å². The van der Waals surface area contributed by atoms with E-state index in [0.29, 0.717) is 6.04 Å². The maximum Gasteiger partial charge on any atom is 0.0249 e. The van der Waals surface area contributed by atoms with Crippen LogP contribution in [0.15, 0.2) is 0 Å². The lowest BCUT2D eigenvalue weighted by Gasteiger charge is -2.43. The highest BCUT2D eigenvalue weighted by Crippen LogP contribution is 2.35. The van der Waals surface area contributed by atoms with Gasteiger partial charge in [-0.05, 0) is 56.4 Å². The highest BCUT2D eigenvalue weighted by Gasteiger charge is 2.34. The first kappa shape index (κ1) is 17.3. The Morgan fingerprint density at radius 1 is 1.05 bits per heavy atom. The third kappa shape index (κ3) is 4.96. The smallest absolute Gasteiger partial charge is 0.0249 e. The first-order chi connectivity index (χ1) is 10.1. The second kappa shape index (κ2) is 8.53. The highest BCUT2D eigenvalue weighted by molar-refractivity contribution is 4.89. The Balaban J connectivity index is 2.03. The van der Waals surface area contributed by atoms with Crippen LogP contribution >= 0.6 is 0 Å². The van der Waals surface area contributed by atoms with Crippen LogP contribution in [0.1, 0.15) is 78.6 Å². The molecule has 2 fully saturated rings. The lowest BCUT2D eigenvalue weighted by atomic mass is 9.77. The number of rotatable bonds is 7. The Labute approximate surface area is 132 Å². The maximum atomic E-state index is 6.28. The summed E-state index contributed by atoms with van der Waals surface area (Å²) in [6.45, 7) is 9.29. The molecule has 2 N–H and O–H groups in total. The standard InChI is InChI=1S/C19H38N2/c1-15(2)11-12-21(18-9-4-5-10-18)19(14-20)17-8-6-7-16(3)13-17/h15-19H,4-14,20H2,1-3H3. The SMILES string of the molecule is CC(C)CCN(C1CCCC1)C(CN)C1CCCC(C)C1.